The average molecular weight is 222 g/mol. The quantitative estimate of drug-likeness (QED) is 0.684. The molecule has 0 amide bonds. The summed E-state index contributed by atoms with van der Waals surface area (Å²) in [6.45, 7) is 3.03. The fourth-order valence-electron chi connectivity index (χ4n) is 1.53. The summed E-state index contributed by atoms with van der Waals surface area (Å²) in [5.41, 5.74) is 0. The molecule has 0 saturated heterocycles. The highest BCUT2D eigenvalue weighted by Crippen LogP contribution is 2.14. The summed E-state index contributed by atoms with van der Waals surface area (Å²) in [5, 5.41) is 2.99. The van der Waals surface area contributed by atoms with Crippen LogP contribution in [0.1, 0.15) is 39.0 Å². The lowest BCUT2D eigenvalue weighted by Gasteiger charge is -2.07. The van der Waals surface area contributed by atoms with E-state index in [2.05, 4.69) is 17.2 Å². The van der Waals surface area contributed by atoms with Crippen LogP contribution in [0.4, 0.5) is 5.82 Å². The van der Waals surface area contributed by atoms with Crippen LogP contribution in [0.15, 0.2) is 18.3 Å². The van der Waals surface area contributed by atoms with Gasteiger partial charge in [-0.25, -0.2) is 4.98 Å². The van der Waals surface area contributed by atoms with E-state index in [1.165, 1.54) is 25.7 Å². The number of rotatable bonds is 8. The number of ether oxygens (including phenoxy) is 1. The van der Waals surface area contributed by atoms with Gasteiger partial charge >= 0.3 is 0 Å². The van der Waals surface area contributed by atoms with Crippen molar-refractivity contribution in [1.82, 2.24) is 4.98 Å². The Hall–Kier alpha value is -1.25. The fourth-order valence-corrected chi connectivity index (χ4v) is 1.53. The summed E-state index contributed by atoms with van der Waals surface area (Å²) in [7, 11) is 1.86. The molecular formula is C13H22N2O. The van der Waals surface area contributed by atoms with Crippen LogP contribution >= 0.6 is 0 Å². The van der Waals surface area contributed by atoms with E-state index in [9.17, 15) is 0 Å². The lowest BCUT2D eigenvalue weighted by Crippen LogP contribution is -1.99. The Balaban J connectivity index is 2.16. The summed E-state index contributed by atoms with van der Waals surface area (Å²) in [5.74, 6) is 1.75. The van der Waals surface area contributed by atoms with Gasteiger partial charge in [0.25, 0.3) is 0 Å². The van der Waals surface area contributed by atoms with Crippen molar-refractivity contribution in [3.63, 3.8) is 0 Å². The van der Waals surface area contributed by atoms with E-state index < -0.39 is 0 Å². The molecule has 0 spiro atoms. The van der Waals surface area contributed by atoms with Crippen LogP contribution in [0.2, 0.25) is 0 Å². The van der Waals surface area contributed by atoms with Crippen molar-refractivity contribution in [2.45, 2.75) is 39.0 Å². The molecule has 0 aliphatic heterocycles. The predicted octanol–water partition coefficient (Wildman–Crippen LogP) is 3.47. The maximum Gasteiger partial charge on any atom is 0.129 e. The van der Waals surface area contributed by atoms with Gasteiger partial charge in [-0.05, 0) is 12.5 Å². The maximum absolute atomic E-state index is 5.65. The minimum Gasteiger partial charge on any atom is -0.493 e. The standard InChI is InChI=1S/C13H22N2O/c1-3-4-5-6-7-10-16-12-8-9-15-13(11-12)14-2/h8-9,11H,3-7,10H2,1-2H3,(H,14,15). The van der Waals surface area contributed by atoms with Crippen molar-refractivity contribution < 1.29 is 4.74 Å². The Labute approximate surface area is 98.2 Å². The van der Waals surface area contributed by atoms with Crippen molar-refractivity contribution >= 4 is 5.82 Å². The Morgan fingerprint density at radius 3 is 2.81 bits per heavy atom. The summed E-state index contributed by atoms with van der Waals surface area (Å²) >= 11 is 0. The van der Waals surface area contributed by atoms with E-state index in [4.69, 9.17) is 4.74 Å². The number of hydrogen-bond donors (Lipinski definition) is 1. The molecule has 0 aromatic carbocycles. The highest BCUT2D eigenvalue weighted by atomic mass is 16.5. The number of hydrogen-bond acceptors (Lipinski definition) is 3. The molecule has 0 aliphatic rings. The summed E-state index contributed by atoms with van der Waals surface area (Å²) in [4.78, 5) is 4.14. The molecule has 3 nitrogen and oxygen atoms in total. The number of anilines is 1. The van der Waals surface area contributed by atoms with Gasteiger partial charge in [0.15, 0.2) is 0 Å². The van der Waals surface area contributed by atoms with Crippen molar-refractivity contribution in [2.24, 2.45) is 0 Å². The first-order chi connectivity index (χ1) is 7.86. The first-order valence-corrected chi connectivity index (χ1v) is 6.13. The van der Waals surface area contributed by atoms with E-state index in [1.807, 2.05) is 19.2 Å². The third kappa shape index (κ3) is 5.01. The van der Waals surface area contributed by atoms with Gasteiger partial charge in [-0.3, -0.25) is 0 Å². The number of aromatic nitrogens is 1. The molecule has 0 unspecified atom stereocenters. The fraction of sp³-hybridized carbons (Fsp3) is 0.615. The summed E-state index contributed by atoms with van der Waals surface area (Å²) in [6, 6.07) is 3.82. The van der Waals surface area contributed by atoms with E-state index in [-0.39, 0.29) is 0 Å². The SMILES string of the molecule is CCCCCCCOc1ccnc(NC)c1. The molecule has 3 heteroatoms. The number of nitrogens with one attached hydrogen (secondary N) is 1. The van der Waals surface area contributed by atoms with E-state index in [1.54, 1.807) is 6.20 Å². The van der Waals surface area contributed by atoms with Crippen LogP contribution in [0.5, 0.6) is 5.75 Å². The molecule has 0 radical (unpaired) electrons. The van der Waals surface area contributed by atoms with Crippen molar-refractivity contribution in [1.29, 1.82) is 0 Å². The summed E-state index contributed by atoms with van der Waals surface area (Å²) < 4.78 is 5.65. The smallest absolute Gasteiger partial charge is 0.129 e. The molecule has 1 N–H and O–H groups in total. The second kappa shape index (κ2) is 7.97. The zero-order valence-electron chi connectivity index (χ0n) is 10.3. The number of pyridine rings is 1. The minimum atomic E-state index is 0.802. The second-order valence-electron chi connectivity index (χ2n) is 3.89. The minimum absolute atomic E-state index is 0.802. The molecule has 90 valence electrons. The molecular weight excluding hydrogens is 200 g/mol. The molecule has 1 heterocycles. The first kappa shape index (κ1) is 12.8. The molecule has 1 aromatic rings. The lowest BCUT2D eigenvalue weighted by atomic mass is 10.2. The Bertz CT molecular complexity index is 289. The molecule has 1 aromatic heterocycles. The van der Waals surface area contributed by atoms with Crippen molar-refractivity contribution in [3.8, 4) is 5.75 Å². The van der Waals surface area contributed by atoms with E-state index in [0.717, 1.165) is 24.6 Å². The van der Waals surface area contributed by atoms with Crippen LogP contribution in [0.25, 0.3) is 0 Å². The molecule has 0 bridgehead atoms. The summed E-state index contributed by atoms with van der Waals surface area (Å²) in [6.07, 6.45) is 8.10. The number of nitrogens with zero attached hydrogens (tertiary/aromatic N) is 1. The third-order valence-corrected chi connectivity index (χ3v) is 2.50. The van der Waals surface area contributed by atoms with Gasteiger partial charge in [0.05, 0.1) is 6.61 Å². The van der Waals surface area contributed by atoms with Crippen LogP contribution < -0.4 is 10.1 Å². The Kier molecular flexibility index (Phi) is 6.38. The maximum atomic E-state index is 5.65. The Morgan fingerprint density at radius 1 is 1.25 bits per heavy atom. The van der Waals surface area contributed by atoms with Gasteiger partial charge in [-0.15, -0.1) is 0 Å². The second-order valence-corrected chi connectivity index (χ2v) is 3.89. The lowest BCUT2D eigenvalue weighted by molar-refractivity contribution is 0.304. The molecule has 0 aliphatic carbocycles. The van der Waals surface area contributed by atoms with Crippen molar-refractivity contribution in [2.75, 3.05) is 19.0 Å². The van der Waals surface area contributed by atoms with Gasteiger partial charge in [-0.2, -0.15) is 0 Å². The van der Waals surface area contributed by atoms with Gasteiger partial charge in [0.2, 0.25) is 0 Å². The van der Waals surface area contributed by atoms with Gasteiger partial charge in [0, 0.05) is 19.3 Å². The van der Waals surface area contributed by atoms with Crippen LogP contribution in [-0.2, 0) is 0 Å². The highest BCUT2D eigenvalue weighted by molar-refractivity contribution is 5.39. The largest absolute Gasteiger partial charge is 0.493 e. The van der Waals surface area contributed by atoms with Gasteiger partial charge in [0.1, 0.15) is 11.6 Å². The van der Waals surface area contributed by atoms with Crippen LogP contribution in [0.3, 0.4) is 0 Å². The van der Waals surface area contributed by atoms with E-state index >= 15 is 0 Å². The molecule has 1 rings (SSSR count). The molecule has 16 heavy (non-hydrogen) atoms. The monoisotopic (exact) mass is 222 g/mol. The molecule has 0 saturated carbocycles. The molecule has 0 fully saturated rings. The van der Waals surface area contributed by atoms with Gasteiger partial charge < -0.3 is 10.1 Å². The third-order valence-electron chi connectivity index (χ3n) is 2.50. The van der Waals surface area contributed by atoms with Crippen molar-refractivity contribution in [3.05, 3.63) is 18.3 Å². The van der Waals surface area contributed by atoms with Gasteiger partial charge in [-0.1, -0.05) is 32.6 Å². The normalized spacial score (nSPS) is 10.1. The van der Waals surface area contributed by atoms with E-state index in [0.29, 0.717) is 0 Å². The van der Waals surface area contributed by atoms with Crippen LogP contribution in [-0.4, -0.2) is 18.6 Å². The van der Waals surface area contributed by atoms with Crippen LogP contribution in [0, 0.1) is 0 Å². The molecule has 0 atom stereocenters. The topological polar surface area (TPSA) is 34.1 Å². The Morgan fingerprint density at radius 2 is 2.06 bits per heavy atom. The average Bonchev–Trinajstić information content (AvgIpc) is 2.34. The first-order valence-electron chi connectivity index (χ1n) is 6.13. The zero-order valence-corrected chi connectivity index (χ0v) is 10.3. The predicted molar refractivity (Wildman–Crippen MR) is 68.0 cm³/mol. The highest BCUT2D eigenvalue weighted by Gasteiger charge is 1.96. The zero-order chi connectivity index (χ0) is 11.6. The number of unbranched alkanes of at least 4 members (excludes halogenated alkanes) is 4.